The van der Waals surface area contributed by atoms with Crippen LogP contribution in [0.5, 0.6) is 0 Å². The molecule has 2 radical (unpaired) electrons. The first-order valence-electron chi connectivity index (χ1n) is 4.52. The molecule has 0 amide bonds. The van der Waals surface area contributed by atoms with E-state index in [4.69, 9.17) is 12.6 Å². The molecule has 1 saturated heterocycles. The SMILES string of the molecule is [B]CCC(O)CC1COCCN1. The van der Waals surface area contributed by atoms with E-state index in [1.54, 1.807) is 0 Å². The van der Waals surface area contributed by atoms with E-state index in [2.05, 4.69) is 5.32 Å². The van der Waals surface area contributed by atoms with Crippen molar-refractivity contribution in [3.8, 4) is 0 Å². The summed E-state index contributed by atoms with van der Waals surface area (Å²) in [4.78, 5) is 0. The fraction of sp³-hybridized carbons (Fsp3) is 1.00. The van der Waals surface area contributed by atoms with Crippen LogP contribution in [0, 0.1) is 0 Å². The zero-order valence-corrected chi connectivity index (χ0v) is 7.33. The lowest BCUT2D eigenvalue weighted by molar-refractivity contribution is 0.0514. The van der Waals surface area contributed by atoms with Gasteiger partial charge in [0.25, 0.3) is 0 Å². The Morgan fingerprint density at radius 1 is 1.67 bits per heavy atom. The van der Waals surface area contributed by atoms with Gasteiger partial charge in [-0.25, -0.2) is 0 Å². The third kappa shape index (κ3) is 3.56. The van der Waals surface area contributed by atoms with Crippen molar-refractivity contribution in [2.45, 2.75) is 31.3 Å². The molecule has 2 atom stereocenters. The Morgan fingerprint density at radius 2 is 2.50 bits per heavy atom. The third-order valence-corrected chi connectivity index (χ3v) is 2.05. The summed E-state index contributed by atoms with van der Waals surface area (Å²) in [5, 5.41) is 12.7. The molecule has 2 unspecified atom stereocenters. The number of aliphatic hydroxyl groups excluding tert-OH is 1. The Bertz CT molecular complexity index is 118. The highest BCUT2D eigenvalue weighted by atomic mass is 16.5. The summed E-state index contributed by atoms with van der Waals surface area (Å²) >= 11 is 0. The maximum Gasteiger partial charge on any atom is 0.0654 e. The fourth-order valence-electron chi connectivity index (χ4n) is 1.41. The second-order valence-electron chi connectivity index (χ2n) is 3.19. The number of nitrogens with one attached hydrogen (secondary N) is 1. The number of rotatable bonds is 4. The standard InChI is InChI=1S/C8H16BNO2/c9-2-1-8(11)5-7-6-12-4-3-10-7/h7-8,10-11H,1-6H2. The van der Waals surface area contributed by atoms with Gasteiger partial charge in [-0.15, -0.1) is 0 Å². The van der Waals surface area contributed by atoms with Gasteiger partial charge in [-0.1, -0.05) is 6.32 Å². The van der Waals surface area contributed by atoms with E-state index < -0.39 is 0 Å². The van der Waals surface area contributed by atoms with Crippen molar-refractivity contribution < 1.29 is 9.84 Å². The number of hydrogen-bond acceptors (Lipinski definition) is 3. The summed E-state index contributed by atoms with van der Waals surface area (Å²) in [6.45, 7) is 2.38. The monoisotopic (exact) mass is 169 g/mol. The van der Waals surface area contributed by atoms with E-state index >= 15 is 0 Å². The van der Waals surface area contributed by atoms with Gasteiger partial charge >= 0.3 is 0 Å². The molecule has 0 bridgehead atoms. The van der Waals surface area contributed by atoms with Gasteiger partial charge in [-0.05, 0) is 12.8 Å². The van der Waals surface area contributed by atoms with E-state index in [9.17, 15) is 5.11 Å². The van der Waals surface area contributed by atoms with Crippen LogP contribution in [-0.2, 0) is 4.74 Å². The summed E-state index contributed by atoms with van der Waals surface area (Å²) in [6, 6.07) is 0.306. The molecule has 4 heteroatoms. The molecule has 0 aromatic heterocycles. The molecule has 0 saturated carbocycles. The van der Waals surface area contributed by atoms with E-state index in [0.29, 0.717) is 25.4 Å². The smallest absolute Gasteiger partial charge is 0.0654 e. The van der Waals surface area contributed by atoms with Crippen molar-refractivity contribution in [1.82, 2.24) is 5.32 Å². The molecule has 1 fully saturated rings. The lowest BCUT2D eigenvalue weighted by Gasteiger charge is -2.25. The molecule has 1 aliphatic heterocycles. The molecule has 0 aromatic carbocycles. The van der Waals surface area contributed by atoms with Crippen LogP contribution in [0.3, 0.4) is 0 Å². The minimum Gasteiger partial charge on any atom is -0.393 e. The minimum absolute atomic E-state index is 0.283. The normalized spacial score (nSPS) is 26.9. The van der Waals surface area contributed by atoms with Gasteiger partial charge < -0.3 is 15.2 Å². The van der Waals surface area contributed by atoms with Crippen molar-refractivity contribution >= 4 is 7.85 Å². The molecule has 1 heterocycles. The van der Waals surface area contributed by atoms with Crippen LogP contribution in [0.4, 0.5) is 0 Å². The highest BCUT2D eigenvalue weighted by molar-refractivity contribution is 6.08. The molecule has 0 aliphatic carbocycles. The lowest BCUT2D eigenvalue weighted by atomic mass is 9.96. The zero-order chi connectivity index (χ0) is 8.81. The van der Waals surface area contributed by atoms with Gasteiger partial charge in [0.1, 0.15) is 0 Å². The Labute approximate surface area is 74.9 Å². The Hall–Kier alpha value is -0.0551. The summed E-state index contributed by atoms with van der Waals surface area (Å²) < 4.78 is 5.26. The molecule has 12 heavy (non-hydrogen) atoms. The first-order chi connectivity index (χ1) is 5.83. The maximum atomic E-state index is 9.43. The van der Waals surface area contributed by atoms with E-state index in [1.165, 1.54) is 0 Å². The van der Waals surface area contributed by atoms with Crippen molar-refractivity contribution in [1.29, 1.82) is 0 Å². The second kappa shape index (κ2) is 5.57. The molecule has 0 spiro atoms. The molecule has 68 valence electrons. The fourth-order valence-corrected chi connectivity index (χ4v) is 1.41. The van der Waals surface area contributed by atoms with Crippen molar-refractivity contribution in [3.63, 3.8) is 0 Å². The van der Waals surface area contributed by atoms with E-state index in [-0.39, 0.29) is 6.10 Å². The number of hydrogen-bond donors (Lipinski definition) is 2. The topological polar surface area (TPSA) is 41.5 Å². The van der Waals surface area contributed by atoms with E-state index in [1.807, 2.05) is 0 Å². The summed E-state index contributed by atoms with van der Waals surface area (Å²) in [7, 11) is 5.32. The van der Waals surface area contributed by atoms with Gasteiger partial charge in [0.15, 0.2) is 0 Å². The van der Waals surface area contributed by atoms with Crippen LogP contribution in [0.1, 0.15) is 12.8 Å². The first-order valence-corrected chi connectivity index (χ1v) is 4.52. The van der Waals surface area contributed by atoms with Gasteiger partial charge in [-0.2, -0.15) is 0 Å². The predicted molar refractivity (Wildman–Crippen MR) is 48.4 cm³/mol. The molecule has 0 aromatic rings. The predicted octanol–water partition coefficient (Wildman–Crippen LogP) is -0.297. The maximum absolute atomic E-state index is 9.43. The third-order valence-electron chi connectivity index (χ3n) is 2.05. The van der Waals surface area contributed by atoms with E-state index in [0.717, 1.165) is 19.6 Å². The number of aliphatic hydroxyl groups is 1. The zero-order valence-electron chi connectivity index (χ0n) is 7.33. The summed E-state index contributed by atoms with van der Waals surface area (Å²) in [5.74, 6) is 0. The van der Waals surface area contributed by atoms with Gasteiger partial charge in [0.2, 0.25) is 0 Å². The average molecular weight is 169 g/mol. The highest BCUT2D eigenvalue weighted by Crippen LogP contribution is 2.06. The highest BCUT2D eigenvalue weighted by Gasteiger charge is 2.16. The van der Waals surface area contributed by atoms with Crippen LogP contribution in [0.15, 0.2) is 0 Å². The lowest BCUT2D eigenvalue weighted by Crippen LogP contribution is -2.43. The Balaban J connectivity index is 2.11. The Kier molecular flexibility index (Phi) is 4.65. The average Bonchev–Trinajstić information content (AvgIpc) is 2.06. The van der Waals surface area contributed by atoms with Crippen LogP contribution >= 0.6 is 0 Å². The molecule has 2 N–H and O–H groups in total. The minimum atomic E-state index is -0.283. The van der Waals surface area contributed by atoms with Crippen molar-refractivity contribution in [2.24, 2.45) is 0 Å². The molecular formula is C8H16BNO2. The number of ether oxygens (including phenoxy) is 1. The molecule has 1 rings (SSSR count). The number of morpholine rings is 1. The summed E-state index contributed by atoms with van der Waals surface area (Å²) in [6.07, 6.45) is 1.69. The largest absolute Gasteiger partial charge is 0.393 e. The van der Waals surface area contributed by atoms with Crippen LogP contribution in [0.2, 0.25) is 6.32 Å². The van der Waals surface area contributed by atoms with Crippen LogP contribution in [0.25, 0.3) is 0 Å². The van der Waals surface area contributed by atoms with Crippen molar-refractivity contribution in [3.05, 3.63) is 0 Å². The van der Waals surface area contributed by atoms with Gasteiger partial charge in [0.05, 0.1) is 27.2 Å². The summed E-state index contributed by atoms with van der Waals surface area (Å²) in [5.41, 5.74) is 0. The Morgan fingerprint density at radius 3 is 3.08 bits per heavy atom. The quantitative estimate of drug-likeness (QED) is 0.568. The second-order valence-corrected chi connectivity index (χ2v) is 3.19. The van der Waals surface area contributed by atoms with Crippen LogP contribution < -0.4 is 5.32 Å². The van der Waals surface area contributed by atoms with Crippen molar-refractivity contribution in [2.75, 3.05) is 19.8 Å². The molecular weight excluding hydrogens is 153 g/mol. The molecule has 3 nitrogen and oxygen atoms in total. The van der Waals surface area contributed by atoms with Gasteiger partial charge in [0, 0.05) is 12.6 Å². The van der Waals surface area contributed by atoms with Gasteiger partial charge in [-0.3, -0.25) is 0 Å². The van der Waals surface area contributed by atoms with Crippen LogP contribution in [-0.4, -0.2) is 44.9 Å². The molecule has 1 aliphatic rings. The first kappa shape index (κ1) is 10.0.